The summed E-state index contributed by atoms with van der Waals surface area (Å²) in [6.07, 6.45) is 2.73. The van der Waals surface area contributed by atoms with Crippen molar-refractivity contribution in [3.63, 3.8) is 0 Å². The van der Waals surface area contributed by atoms with Crippen LogP contribution in [0.3, 0.4) is 0 Å². The summed E-state index contributed by atoms with van der Waals surface area (Å²) in [6, 6.07) is 16.6. The van der Waals surface area contributed by atoms with E-state index in [0.717, 1.165) is 5.56 Å². The lowest BCUT2D eigenvalue weighted by Crippen LogP contribution is -2.42. The van der Waals surface area contributed by atoms with Crippen LogP contribution in [-0.4, -0.2) is 35.7 Å². The van der Waals surface area contributed by atoms with Crippen LogP contribution in [0.15, 0.2) is 60.7 Å². The van der Waals surface area contributed by atoms with Crippen molar-refractivity contribution in [3.8, 4) is 5.75 Å². The number of hydrogen-bond donors (Lipinski definition) is 2. The summed E-state index contributed by atoms with van der Waals surface area (Å²) >= 11 is 0. The molecule has 0 spiro atoms. The maximum Gasteiger partial charge on any atom is 0.185 e. The molecule has 0 aromatic heterocycles. The third-order valence-corrected chi connectivity index (χ3v) is 3.65. The maximum atomic E-state index is 12.1. The molecule has 0 heterocycles. The Morgan fingerprint density at radius 1 is 1.15 bits per heavy atom. The van der Waals surface area contributed by atoms with Gasteiger partial charge in [-0.15, -0.1) is 0 Å². The van der Waals surface area contributed by atoms with Gasteiger partial charge in [-0.1, -0.05) is 48.5 Å². The molecule has 0 aliphatic rings. The van der Waals surface area contributed by atoms with E-state index in [1.807, 2.05) is 63.2 Å². The molecule has 0 bridgehead atoms. The molecule has 0 radical (unpaired) electrons. The number of carbonyl (C=O) groups is 1. The van der Waals surface area contributed by atoms with Crippen molar-refractivity contribution in [1.29, 1.82) is 0 Å². The van der Waals surface area contributed by atoms with Gasteiger partial charge in [-0.2, -0.15) is 0 Å². The molecule has 2 aromatic rings. The minimum Gasteiger partial charge on any atom is -0.491 e. The highest BCUT2D eigenvalue weighted by atomic mass is 16.5. The van der Waals surface area contributed by atoms with E-state index in [1.54, 1.807) is 24.3 Å². The molecule has 0 amide bonds. The predicted octanol–water partition coefficient (Wildman–Crippen LogP) is 3.71. The van der Waals surface area contributed by atoms with E-state index in [1.165, 1.54) is 0 Å². The SMILES string of the molecule is CC(C)(C)NCC(O)COc1cccc(C=CC(=O)c2ccccc2)c1. The highest BCUT2D eigenvalue weighted by Crippen LogP contribution is 2.15. The third-order valence-electron chi connectivity index (χ3n) is 3.65. The highest BCUT2D eigenvalue weighted by molar-refractivity contribution is 6.06. The number of ketones is 1. The summed E-state index contributed by atoms with van der Waals surface area (Å²) < 4.78 is 5.66. The lowest BCUT2D eigenvalue weighted by Gasteiger charge is -2.23. The molecular formula is C22H27NO3. The fourth-order valence-corrected chi connectivity index (χ4v) is 2.25. The van der Waals surface area contributed by atoms with Gasteiger partial charge in [-0.05, 0) is 44.5 Å². The minimum absolute atomic E-state index is 0.0411. The largest absolute Gasteiger partial charge is 0.491 e. The summed E-state index contributed by atoms with van der Waals surface area (Å²) in [5.41, 5.74) is 1.48. The number of aliphatic hydroxyl groups is 1. The van der Waals surface area contributed by atoms with Gasteiger partial charge in [0.25, 0.3) is 0 Å². The van der Waals surface area contributed by atoms with Crippen molar-refractivity contribution in [1.82, 2.24) is 5.32 Å². The Bertz CT molecular complexity index is 733. The number of aliphatic hydroxyl groups excluding tert-OH is 1. The molecule has 0 saturated heterocycles. The van der Waals surface area contributed by atoms with E-state index >= 15 is 0 Å². The van der Waals surface area contributed by atoms with Crippen LogP contribution in [0.5, 0.6) is 5.75 Å². The molecule has 4 nitrogen and oxygen atoms in total. The van der Waals surface area contributed by atoms with Crippen LogP contribution in [0.1, 0.15) is 36.7 Å². The quantitative estimate of drug-likeness (QED) is 0.561. The lowest BCUT2D eigenvalue weighted by atomic mass is 10.1. The van der Waals surface area contributed by atoms with Crippen LogP contribution in [0.2, 0.25) is 0 Å². The first kappa shape index (κ1) is 19.9. The number of ether oxygens (including phenoxy) is 1. The zero-order valence-electron chi connectivity index (χ0n) is 15.6. The van der Waals surface area contributed by atoms with Gasteiger partial charge >= 0.3 is 0 Å². The number of carbonyl (C=O) groups excluding carboxylic acids is 1. The molecule has 4 heteroatoms. The number of rotatable bonds is 8. The van der Waals surface area contributed by atoms with Crippen molar-refractivity contribution in [2.75, 3.05) is 13.2 Å². The molecular weight excluding hydrogens is 326 g/mol. The maximum absolute atomic E-state index is 12.1. The van der Waals surface area contributed by atoms with Gasteiger partial charge in [-0.3, -0.25) is 4.79 Å². The second-order valence-corrected chi connectivity index (χ2v) is 7.23. The van der Waals surface area contributed by atoms with Crippen LogP contribution in [0, 0.1) is 0 Å². The number of benzene rings is 2. The average molecular weight is 353 g/mol. The molecule has 1 atom stereocenters. The fraction of sp³-hybridized carbons (Fsp3) is 0.318. The van der Waals surface area contributed by atoms with Gasteiger partial charge in [0.05, 0.1) is 0 Å². The number of hydrogen-bond acceptors (Lipinski definition) is 4. The van der Waals surface area contributed by atoms with Crippen molar-refractivity contribution < 1.29 is 14.6 Å². The average Bonchev–Trinajstić information content (AvgIpc) is 2.63. The second kappa shape index (κ2) is 9.32. The van der Waals surface area contributed by atoms with Gasteiger partial charge in [0.2, 0.25) is 0 Å². The topological polar surface area (TPSA) is 58.6 Å². The van der Waals surface area contributed by atoms with Gasteiger partial charge in [0.15, 0.2) is 5.78 Å². The fourth-order valence-electron chi connectivity index (χ4n) is 2.25. The molecule has 0 aliphatic carbocycles. The van der Waals surface area contributed by atoms with Crippen molar-refractivity contribution in [2.45, 2.75) is 32.4 Å². The molecule has 2 rings (SSSR count). The summed E-state index contributed by atoms with van der Waals surface area (Å²) in [5, 5.41) is 13.2. The van der Waals surface area contributed by atoms with Crippen molar-refractivity contribution in [2.24, 2.45) is 0 Å². The zero-order chi connectivity index (χ0) is 19.0. The Labute approximate surface area is 155 Å². The smallest absolute Gasteiger partial charge is 0.185 e. The van der Waals surface area contributed by atoms with E-state index in [0.29, 0.717) is 17.9 Å². The second-order valence-electron chi connectivity index (χ2n) is 7.23. The first-order chi connectivity index (χ1) is 12.3. The summed E-state index contributed by atoms with van der Waals surface area (Å²) in [5.74, 6) is 0.620. The van der Waals surface area contributed by atoms with Crippen LogP contribution in [0.25, 0.3) is 6.08 Å². The molecule has 0 fully saturated rings. The minimum atomic E-state index is -0.590. The monoisotopic (exact) mass is 353 g/mol. The highest BCUT2D eigenvalue weighted by Gasteiger charge is 2.12. The number of nitrogens with one attached hydrogen (secondary N) is 1. The van der Waals surface area contributed by atoms with Crippen LogP contribution < -0.4 is 10.1 Å². The molecule has 1 unspecified atom stereocenters. The zero-order valence-corrected chi connectivity index (χ0v) is 15.6. The van der Waals surface area contributed by atoms with Gasteiger partial charge in [0, 0.05) is 17.6 Å². The predicted molar refractivity (Wildman–Crippen MR) is 106 cm³/mol. The number of allylic oxidation sites excluding steroid dienone is 1. The molecule has 2 aromatic carbocycles. The van der Waals surface area contributed by atoms with E-state index in [4.69, 9.17) is 4.74 Å². The first-order valence-corrected chi connectivity index (χ1v) is 8.77. The Morgan fingerprint density at radius 3 is 2.58 bits per heavy atom. The normalized spacial score (nSPS) is 12.9. The standard InChI is InChI=1S/C22H27NO3/c1-22(2,3)23-15-19(24)16-26-20-11-7-8-17(14-20)12-13-21(25)18-9-5-4-6-10-18/h4-14,19,23-24H,15-16H2,1-3H3. The lowest BCUT2D eigenvalue weighted by molar-refractivity contribution is 0.100. The van der Waals surface area contributed by atoms with E-state index in [-0.39, 0.29) is 17.9 Å². The van der Waals surface area contributed by atoms with Crippen LogP contribution >= 0.6 is 0 Å². The Hall–Kier alpha value is -2.43. The Morgan fingerprint density at radius 2 is 1.88 bits per heavy atom. The van der Waals surface area contributed by atoms with E-state index in [9.17, 15) is 9.90 Å². The third kappa shape index (κ3) is 7.21. The Kier molecular flexibility index (Phi) is 7.13. The summed E-state index contributed by atoms with van der Waals surface area (Å²) in [7, 11) is 0. The Balaban J connectivity index is 1.89. The molecule has 138 valence electrons. The van der Waals surface area contributed by atoms with Crippen molar-refractivity contribution in [3.05, 3.63) is 71.8 Å². The van der Waals surface area contributed by atoms with Crippen LogP contribution in [-0.2, 0) is 0 Å². The van der Waals surface area contributed by atoms with Gasteiger partial charge < -0.3 is 15.2 Å². The van der Waals surface area contributed by atoms with Gasteiger partial charge in [-0.25, -0.2) is 0 Å². The van der Waals surface area contributed by atoms with Crippen LogP contribution in [0.4, 0.5) is 0 Å². The molecule has 26 heavy (non-hydrogen) atoms. The molecule has 0 aliphatic heterocycles. The molecule has 2 N–H and O–H groups in total. The summed E-state index contributed by atoms with van der Waals surface area (Å²) in [4.78, 5) is 12.1. The van der Waals surface area contributed by atoms with Crippen molar-refractivity contribution >= 4 is 11.9 Å². The number of β-amino-alcohol motifs (C(OH)–C–C–N with tert-alkyl or cyclic N) is 1. The molecule has 0 saturated carbocycles. The van der Waals surface area contributed by atoms with Gasteiger partial charge in [0.1, 0.15) is 18.5 Å². The first-order valence-electron chi connectivity index (χ1n) is 8.77. The van der Waals surface area contributed by atoms with E-state index < -0.39 is 6.10 Å². The van der Waals surface area contributed by atoms with E-state index in [2.05, 4.69) is 5.32 Å². The summed E-state index contributed by atoms with van der Waals surface area (Å²) in [6.45, 7) is 6.82.